The molecule has 1 aromatic heterocycles. The largest absolute Gasteiger partial charge is 0.319 e. The Morgan fingerprint density at radius 3 is 2.88 bits per heavy atom. The summed E-state index contributed by atoms with van der Waals surface area (Å²) in [6, 6.07) is 2.29. The van der Waals surface area contributed by atoms with Crippen molar-refractivity contribution in [1.82, 2.24) is 5.32 Å². The zero-order valence-corrected chi connectivity index (χ0v) is 10.9. The molecule has 2 heteroatoms. The molecule has 2 aliphatic carbocycles. The summed E-state index contributed by atoms with van der Waals surface area (Å²) >= 11 is 1.83. The summed E-state index contributed by atoms with van der Waals surface area (Å²) in [6.45, 7) is 1.23. The van der Waals surface area contributed by atoms with Crippen LogP contribution >= 0.6 is 11.3 Å². The molecule has 0 radical (unpaired) electrons. The Hall–Kier alpha value is -0.340. The van der Waals surface area contributed by atoms with E-state index in [1.165, 1.54) is 38.6 Å². The molecule has 2 unspecified atom stereocenters. The van der Waals surface area contributed by atoms with E-state index in [4.69, 9.17) is 0 Å². The summed E-state index contributed by atoms with van der Waals surface area (Å²) in [5.74, 6) is 2.19. The number of aryl methyl sites for hydroxylation is 1. The minimum atomic E-state index is 0.629. The predicted molar refractivity (Wildman–Crippen MR) is 69.8 cm³/mol. The van der Waals surface area contributed by atoms with Crippen molar-refractivity contribution in [3.63, 3.8) is 0 Å². The number of nitrogens with one attached hydrogen (secondary N) is 1. The molecular formula is C14H21NS. The lowest BCUT2D eigenvalue weighted by Crippen LogP contribution is -2.31. The van der Waals surface area contributed by atoms with Crippen LogP contribution in [-0.4, -0.2) is 13.6 Å². The predicted octanol–water partition coefficient (Wildman–Crippen LogP) is 3.32. The second-order valence-electron chi connectivity index (χ2n) is 5.83. The Morgan fingerprint density at radius 1 is 1.44 bits per heavy atom. The van der Waals surface area contributed by atoms with Crippen LogP contribution < -0.4 is 5.32 Å². The van der Waals surface area contributed by atoms with E-state index in [1.54, 1.807) is 5.56 Å². The van der Waals surface area contributed by atoms with Crippen LogP contribution in [0.1, 0.15) is 31.2 Å². The molecular weight excluding hydrogens is 214 g/mol. The van der Waals surface area contributed by atoms with E-state index in [2.05, 4.69) is 29.2 Å². The van der Waals surface area contributed by atoms with Gasteiger partial charge < -0.3 is 5.32 Å². The zero-order valence-electron chi connectivity index (χ0n) is 10.0. The van der Waals surface area contributed by atoms with Crippen LogP contribution in [-0.2, 0) is 6.42 Å². The highest BCUT2D eigenvalue weighted by Gasteiger charge is 2.52. The molecule has 0 spiro atoms. The van der Waals surface area contributed by atoms with Crippen molar-refractivity contribution in [2.75, 3.05) is 13.6 Å². The van der Waals surface area contributed by atoms with Gasteiger partial charge in [0.2, 0.25) is 0 Å². The van der Waals surface area contributed by atoms with Gasteiger partial charge in [0.1, 0.15) is 0 Å². The molecule has 2 aliphatic rings. The van der Waals surface area contributed by atoms with Crippen molar-refractivity contribution in [3.8, 4) is 0 Å². The summed E-state index contributed by atoms with van der Waals surface area (Å²) < 4.78 is 0. The molecule has 1 N–H and O–H groups in total. The zero-order chi connectivity index (χ0) is 11.0. The average Bonchev–Trinajstić information content (AvgIpc) is 2.72. The normalized spacial score (nSPS) is 36.3. The van der Waals surface area contributed by atoms with Crippen molar-refractivity contribution in [3.05, 3.63) is 22.4 Å². The quantitative estimate of drug-likeness (QED) is 0.825. The Balaban J connectivity index is 1.61. The molecule has 0 aliphatic heterocycles. The van der Waals surface area contributed by atoms with Crippen LogP contribution in [0.2, 0.25) is 0 Å². The molecule has 0 saturated heterocycles. The third-order valence-electron chi connectivity index (χ3n) is 4.54. The fourth-order valence-corrected chi connectivity index (χ4v) is 4.37. The number of thiophene rings is 1. The molecule has 1 heterocycles. The molecule has 88 valence electrons. The first-order valence-corrected chi connectivity index (χ1v) is 7.41. The van der Waals surface area contributed by atoms with E-state index in [0.29, 0.717) is 5.41 Å². The van der Waals surface area contributed by atoms with Gasteiger partial charge in [-0.2, -0.15) is 11.3 Å². The lowest BCUT2D eigenvalue weighted by Gasteiger charge is -2.30. The lowest BCUT2D eigenvalue weighted by molar-refractivity contribution is 0.236. The van der Waals surface area contributed by atoms with Gasteiger partial charge in [-0.25, -0.2) is 0 Å². The van der Waals surface area contributed by atoms with Gasteiger partial charge in [0.15, 0.2) is 0 Å². The van der Waals surface area contributed by atoms with Gasteiger partial charge in [-0.1, -0.05) is 0 Å². The molecule has 16 heavy (non-hydrogen) atoms. The maximum absolute atomic E-state index is 3.42. The number of hydrogen-bond donors (Lipinski definition) is 1. The molecule has 2 atom stereocenters. The average molecular weight is 235 g/mol. The summed E-state index contributed by atoms with van der Waals surface area (Å²) in [7, 11) is 2.11. The van der Waals surface area contributed by atoms with Crippen molar-refractivity contribution < 1.29 is 0 Å². The highest BCUT2D eigenvalue weighted by Crippen LogP contribution is 2.61. The van der Waals surface area contributed by atoms with E-state index >= 15 is 0 Å². The summed E-state index contributed by atoms with van der Waals surface area (Å²) in [5.41, 5.74) is 2.17. The molecule has 0 bridgehead atoms. The Labute approximate surface area is 102 Å². The number of rotatable bonds is 5. The van der Waals surface area contributed by atoms with Crippen LogP contribution in [0.5, 0.6) is 0 Å². The second kappa shape index (κ2) is 4.15. The second-order valence-corrected chi connectivity index (χ2v) is 6.61. The van der Waals surface area contributed by atoms with Crippen LogP contribution in [0.3, 0.4) is 0 Å². The summed E-state index contributed by atoms with van der Waals surface area (Å²) in [4.78, 5) is 0. The van der Waals surface area contributed by atoms with Crippen LogP contribution in [0.4, 0.5) is 0 Å². The molecule has 0 aromatic carbocycles. The standard InChI is InChI=1S/C14H21NS/c1-15-10-14(7-12-6-13(12)8-14)4-2-11-3-5-16-9-11/h3,5,9,12-13,15H,2,4,6-8,10H2,1H3. The molecule has 3 rings (SSSR count). The van der Waals surface area contributed by atoms with E-state index in [0.717, 1.165) is 11.8 Å². The van der Waals surface area contributed by atoms with E-state index < -0.39 is 0 Å². The summed E-state index contributed by atoms with van der Waals surface area (Å²) in [5, 5.41) is 7.93. The number of fused-ring (bicyclic) bond motifs is 1. The highest BCUT2D eigenvalue weighted by molar-refractivity contribution is 7.07. The SMILES string of the molecule is CNCC1(CCc2ccsc2)CC2CC2C1. The van der Waals surface area contributed by atoms with E-state index in [1.807, 2.05) is 11.3 Å². The Kier molecular flexibility index (Phi) is 2.80. The van der Waals surface area contributed by atoms with Crippen molar-refractivity contribution >= 4 is 11.3 Å². The highest BCUT2D eigenvalue weighted by atomic mass is 32.1. The molecule has 2 saturated carbocycles. The first kappa shape index (κ1) is 10.8. The van der Waals surface area contributed by atoms with Crippen molar-refractivity contribution in [2.45, 2.75) is 32.1 Å². The maximum Gasteiger partial charge on any atom is 0.000513 e. The molecule has 2 fully saturated rings. The van der Waals surface area contributed by atoms with Gasteiger partial charge in [-0.3, -0.25) is 0 Å². The van der Waals surface area contributed by atoms with Crippen molar-refractivity contribution in [1.29, 1.82) is 0 Å². The Bertz CT molecular complexity index is 334. The van der Waals surface area contributed by atoms with Crippen LogP contribution in [0.15, 0.2) is 16.8 Å². The summed E-state index contributed by atoms with van der Waals surface area (Å²) in [6.07, 6.45) is 7.18. The van der Waals surface area contributed by atoms with Crippen LogP contribution in [0.25, 0.3) is 0 Å². The van der Waals surface area contributed by atoms with E-state index in [9.17, 15) is 0 Å². The number of hydrogen-bond acceptors (Lipinski definition) is 2. The first-order valence-electron chi connectivity index (χ1n) is 6.47. The fourth-order valence-electron chi connectivity index (χ4n) is 3.66. The van der Waals surface area contributed by atoms with Gasteiger partial charge in [-0.15, -0.1) is 0 Å². The smallest absolute Gasteiger partial charge is 0.000513 e. The Morgan fingerprint density at radius 2 is 2.25 bits per heavy atom. The minimum Gasteiger partial charge on any atom is -0.319 e. The van der Waals surface area contributed by atoms with Crippen LogP contribution in [0, 0.1) is 17.3 Å². The minimum absolute atomic E-state index is 0.629. The third kappa shape index (κ3) is 2.05. The molecule has 0 amide bonds. The van der Waals surface area contributed by atoms with Gasteiger partial charge in [-0.05, 0) is 78.8 Å². The molecule has 1 aromatic rings. The monoisotopic (exact) mass is 235 g/mol. The third-order valence-corrected chi connectivity index (χ3v) is 5.27. The lowest BCUT2D eigenvalue weighted by atomic mass is 9.78. The topological polar surface area (TPSA) is 12.0 Å². The van der Waals surface area contributed by atoms with Gasteiger partial charge in [0, 0.05) is 6.54 Å². The fraction of sp³-hybridized carbons (Fsp3) is 0.714. The van der Waals surface area contributed by atoms with Gasteiger partial charge in [0.25, 0.3) is 0 Å². The first-order chi connectivity index (χ1) is 7.81. The van der Waals surface area contributed by atoms with E-state index in [-0.39, 0.29) is 0 Å². The maximum atomic E-state index is 3.42. The van der Waals surface area contributed by atoms with Crippen molar-refractivity contribution in [2.24, 2.45) is 17.3 Å². The van der Waals surface area contributed by atoms with Gasteiger partial charge >= 0.3 is 0 Å². The molecule has 1 nitrogen and oxygen atoms in total. The van der Waals surface area contributed by atoms with Gasteiger partial charge in [0.05, 0.1) is 0 Å².